The molecule has 1 aromatic carbocycles. The molecule has 0 spiro atoms. The number of hydrogen-bond donors (Lipinski definition) is 0. The van der Waals surface area contributed by atoms with Crippen LogP contribution >= 0.6 is 27.5 Å². The first kappa shape index (κ1) is 12.3. The lowest BCUT2D eigenvalue weighted by Crippen LogP contribution is -2.02. The van der Waals surface area contributed by atoms with Gasteiger partial charge in [0, 0.05) is 4.47 Å². The van der Waals surface area contributed by atoms with E-state index < -0.39 is 0 Å². The topological polar surface area (TPSA) is 34.9 Å². The Labute approximate surface area is 113 Å². The van der Waals surface area contributed by atoms with Crippen LogP contribution in [0.5, 0.6) is 0 Å². The van der Waals surface area contributed by atoms with Crippen LogP contribution in [0.3, 0.4) is 0 Å². The van der Waals surface area contributed by atoms with Crippen molar-refractivity contribution in [3.63, 3.8) is 0 Å². The molecule has 0 radical (unpaired) electrons. The fourth-order valence-corrected chi connectivity index (χ4v) is 2.34. The maximum atomic E-state index is 10.8. The third kappa shape index (κ3) is 2.58. The van der Waals surface area contributed by atoms with Gasteiger partial charge < -0.3 is 0 Å². The van der Waals surface area contributed by atoms with Crippen LogP contribution in [0.25, 0.3) is 0 Å². The molecule has 5 heteroatoms. The molecule has 0 N–H and O–H groups in total. The van der Waals surface area contributed by atoms with Crippen LogP contribution in [0, 0.1) is 6.92 Å². The molecule has 0 fully saturated rings. The molecule has 1 heterocycles. The first-order chi connectivity index (χ1) is 8.11. The molecule has 17 heavy (non-hydrogen) atoms. The summed E-state index contributed by atoms with van der Waals surface area (Å²) in [4.78, 5) is 10.8. The summed E-state index contributed by atoms with van der Waals surface area (Å²) < 4.78 is 2.63. The van der Waals surface area contributed by atoms with E-state index in [4.69, 9.17) is 11.6 Å². The zero-order valence-corrected chi connectivity index (χ0v) is 11.5. The van der Waals surface area contributed by atoms with Gasteiger partial charge in [-0.3, -0.25) is 4.79 Å². The fraction of sp³-hybridized carbons (Fsp3) is 0.167. The number of benzene rings is 1. The van der Waals surface area contributed by atoms with Gasteiger partial charge >= 0.3 is 0 Å². The molecule has 2 rings (SSSR count). The monoisotopic (exact) mass is 312 g/mol. The van der Waals surface area contributed by atoms with Gasteiger partial charge in [0.15, 0.2) is 6.29 Å². The molecule has 0 aliphatic heterocycles. The van der Waals surface area contributed by atoms with Crippen LogP contribution in [0.15, 0.2) is 28.7 Å². The Kier molecular flexibility index (Phi) is 3.64. The summed E-state index contributed by atoms with van der Waals surface area (Å²) in [5.41, 5.74) is 2.18. The molecule has 2 aromatic rings. The highest BCUT2D eigenvalue weighted by Gasteiger charge is 2.12. The Balaban J connectivity index is 2.33. The van der Waals surface area contributed by atoms with Crippen LogP contribution in [0.2, 0.25) is 5.15 Å². The van der Waals surface area contributed by atoms with Gasteiger partial charge in [0.25, 0.3) is 0 Å². The third-order valence-electron chi connectivity index (χ3n) is 2.45. The number of aromatic nitrogens is 2. The lowest BCUT2D eigenvalue weighted by atomic mass is 10.2. The van der Waals surface area contributed by atoms with E-state index in [-0.39, 0.29) is 0 Å². The zero-order valence-electron chi connectivity index (χ0n) is 9.15. The number of carbonyl (C=O) groups excluding carboxylic acids is 1. The minimum absolute atomic E-state index is 0.387. The van der Waals surface area contributed by atoms with Crippen LogP contribution in [0.1, 0.15) is 21.6 Å². The predicted molar refractivity (Wildman–Crippen MR) is 70.6 cm³/mol. The average molecular weight is 314 g/mol. The number of aryl methyl sites for hydroxylation is 1. The molecule has 0 saturated heterocycles. The summed E-state index contributed by atoms with van der Waals surface area (Å²) in [6, 6.07) is 7.88. The van der Waals surface area contributed by atoms with E-state index in [1.807, 2.05) is 24.3 Å². The Morgan fingerprint density at radius 3 is 2.88 bits per heavy atom. The fourth-order valence-electron chi connectivity index (χ4n) is 1.61. The van der Waals surface area contributed by atoms with Crippen molar-refractivity contribution >= 4 is 33.8 Å². The number of rotatable bonds is 3. The van der Waals surface area contributed by atoms with Crippen molar-refractivity contribution in [2.75, 3.05) is 0 Å². The highest BCUT2D eigenvalue weighted by atomic mass is 79.9. The van der Waals surface area contributed by atoms with Crippen LogP contribution < -0.4 is 0 Å². The van der Waals surface area contributed by atoms with Gasteiger partial charge in [0.05, 0.1) is 17.8 Å². The van der Waals surface area contributed by atoms with Crippen molar-refractivity contribution in [1.29, 1.82) is 0 Å². The smallest absolute Gasteiger partial charge is 0.155 e. The maximum Gasteiger partial charge on any atom is 0.155 e. The van der Waals surface area contributed by atoms with Crippen molar-refractivity contribution in [2.24, 2.45) is 0 Å². The Hall–Kier alpha value is -1.13. The van der Waals surface area contributed by atoms with E-state index in [2.05, 4.69) is 21.0 Å². The Bertz CT molecular complexity index is 566. The molecule has 0 unspecified atom stereocenters. The van der Waals surface area contributed by atoms with Gasteiger partial charge in [-0.15, -0.1) is 0 Å². The van der Waals surface area contributed by atoms with Crippen molar-refractivity contribution in [1.82, 2.24) is 9.78 Å². The summed E-state index contributed by atoms with van der Waals surface area (Å²) in [6.45, 7) is 2.32. The number of aldehydes is 1. The normalized spacial score (nSPS) is 10.5. The second-order valence-corrected chi connectivity index (χ2v) is 4.97. The molecule has 3 nitrogen and oxygen atoms in total. The summed E-state index contributed by atoms with van der Waals surface area (Å²) in [6.07, 6.45) is 0.738. The second-order valence-electron chi connectivity index (χ2n) is 3.70. The van der Waals surface area contributed by atoms with Crippen LogP contribution in [-0.4, -0.2) is 16.1 Å². The molecule has 0 amide bonds. The molecule has 88 valence electrons. The van der Waals surface area contributed by atoms with Crippen LogP contribution in [0.4, 0.5) is 0 Å². The lowest BCUT2D eigenvalue weighted by molar-refractivity contribution is 0.112. The van der Waals surface area contributed by atoms with Gasteiger partial charge in [0.2, 0.25) is 0 Å². The lowest BCUT2D eigenvalue weighted by Gasteiger charge is -2.03. The second kappa shape index (κ2) is 5.02. The minimum Gasteiger partial charge on any atom is -0.298 e. The number of carbonyl (C=O) groups is 1. The molecule has 0 aliphatic carbocycles. The van der Waals surface area contributed by atoms with Crippen molar-refractivity contribution in [3.8, 4) is 0 Å². The number of hydrogen-bond acceptors (Lipinski definition) is 2. The molecular formula is C12H10BrClN2O. The van der Waals surface area contributed by atoms with Gasteiger partial charge in [-0.1, -0.05) is 39.7 Å². The van der Waals surface area contributed by atoms with Crippen molar-refractivity contribution in [2.45, 2.75) is 13.5 Å². The van der Waals surface area contributed by atoms with E-state index in [0.717, 1.165) is 16.3 Å². The first-order valence-corrected chi connectivity index (χ1v) is 6.21. The highest BCUT2D eigenvalue weighted by Crippen LogP contribution is 2.20. The zero-order chi connectivity index (χ0) is 12.4. The summed E-state index contributed by atoms with van der Waals surface area (Å²) in [5.74, 6) is 0. The Morgan fingerprint density at radius 2 is 2.29 bits per heavy atom. The SMILES string of the molecule is Cc1nn(Cc2cccc(Br)c2)c(Cl)c1C=O. The van der Waals surface area contributed by atoms with Gasteiger partial charge in [-0.05, 0) is 24.6 Å². The van der Waals surface area contributed by atoms with Gasteiger partial charge in [0.1, 0.15) is 5.15 Å². The van der Waals surface area contributed by atoms with Crippen LogP contribution in [-0.2, 0) is 6.54 Å². The maximum absolute atomic E-state index is 10.8. The van der Waals surface area contributed by atoms with Crippen molar-refractivity contribution in [3.05, 3.63) is 50.7 Å². The van der Waals surface area contributed by atoms with Gasteiger partial charge in [-0.25, -0.2) is 4.68 Å². The highest BCUT2D eigenvalue weighted by molar-refractivity contribution is 9.10. The molecule has 0 aliphatic rings. The quantitative estimate of drug-likeness (QED) is 0.813. The van der Waals surface area contributed by atoms with Gasteiger partial charge in [-0.2, -0.15) is 5.10 Å². The van der Waals surface area contributed by atoms with E-state index >= 15 is 0 Å². The molecular weight excluding hydrogens is 304 g/mol. The summed E-state index contributed by atoms with van der Waals surface area (Å²) in [7, 11) is 0. The molecule has 0 atom stereocenters. The minimum atomic E-state index is 0.387. The number of nitrogens with zero attached hydrogens (tertiary/aromatic N) is 2. The molecule has 0 saturated carbocycles. The largest absolute Gasteiger partial charge is 0.298 e. The van der Waals surface area contributed by atoms with Crippen molar-refractivity contribution < 1.29 is 4.79 Å². The summed E-state index contributed by atoms with van der Waals surface area (Å²) >= 11 is 9.49. The summed E-state index contributed by atoms with van der Waals surface area (Å²) in [5, 5.41) is 4.63. The molecule has 0 bridgehead atoms. The van der Waals surface area contributed by atoms with E-state index in [1.165, 1.54) is 0 Å². The Morgan fingerprint density at radius 1 is 1.53 bits per heavy atom. The predicted octanol–water partition coefficient (Wildman–Crippen LogP) is 3.47. The van der Waals surface area contributed by atoms with E-state index in [9.17, 15) is 4.79 Å². The van der Waals surface area contributed by atoms with E-state index in [1.54, 1.807) is 11.6 Å². The number of halogens is 2. The molecule has 1 aromatic heterocycles. The standard InChI is InChI=1S/C12H10BrClN2O/c1-8-11(7-17)12(14)16(15-8)6-9-3-2-4-10(13)5-9/h2-5,7H,6H2,1H3. The average Bonchev–Trinajstić information content (AvgIpc) is 2.54. The third-order valence-corrected chi connectivity index (χ3v) is 3.34. The van der Waals surface area contributed by atoms with E-state index in [0.29, 0.717) is 23.0 Å². The first-order valence-electron chi connectivity index (χ1n) is 5.04.